The predicted molar refractivity (Wildman–Crippen MR) is 69.5 cm³/mol. The van der Waals surface area contributed by atoms with Crippen LogP contribution in [0.4, 0.5) is 0 Å². The summed E-state index contributed by atoms with van der Waals surface area (Å²) in [5.74, 6) is 0.601. The molecule has 0 unspecified atom stereocenters. The predicted octanol–water partition coefficient (Wildman–Crippen LogP) is 4.09. The molecule has 1 saturated heterocycles. The van der Waals surface area contributed by atoms with Gasteiger partial charge in [0, 0.05) is 12.8 Å². The molecule has 0 radical (unpaired) electrons. The van der Waals surface area contributed by atoms with E-state index in [0.717, 1.165) is 12.8 Å². The van der Waals surface area contributed by atoms with Crippen LogP contribution in [-0.4, -0.2) is 22.8 Å². The highest BCUT2D eigenvalue weighted by molar-refractivity contribution is 7.60. The minimum atomic E-state index is 0.0901. The van der Waals surface area contributed by atoms with Crippen molar-refractivity contribution < 1.29 is 4.79 Å². The summed E-state index contributed by atoms with van der Waals surface area (Å²) in [7, 11) is 0.0901. The first-order chi connectivity index (χ1) is 7.67. The minimum Gasteiger partial charge on any atom is -0.300 e. The van der Waals surface area contributed by atoms with E-state index in [0.29, 0.717) is 16.1 Å². The second kappa shape index (κ2) is 3.80. The van der Waals surface area contributed by atoms with Crippen LogP contribution in [0.3, 0.4) is 0 Å². The lowest BCUT2D eigenvalue weighted by molar-refractivity contribution is -0.120. The van der Waals surface area contributed by atoms with Crippen LogP contribution in [0.25, 0.3) is 0 Å². The van der Waals surface area contributed by atoms with Gasteiger partial charge in [0.05, 0.1) is 0 Å². The fourth-order valence-corrected chi connectivity index (χ4v) is 8.43. The summed E-state index contributed by atoms with van der Waals surface area (Å²) < 4.78 is 0. The average molecular weight is 238 g/mol. The molecule has 1 nitrogen and oxygen atoms in total. The van der Waals surface area contributed by atoms with Crippen molar-refractivity contribution >= 4 is 13.7 Å². The fraction of sp³-hybridized carbons (Fsp3) is 0.929. The van der Waals surface area contributed by atoms with E-state index in [1.54, 1.807) is 0 Å². The van der Waals surface area contributed by atoms with Gasteiger partial charge in [-0.3, -0.25) is 4.79 Å². The van der Waals surface area contributed by atoms with Gasteiger partial charge in [-0.25, -0.2) is 0 Å². The van der Waals surface area contributed by atoms with Crippen molar-refractivity contribution in [3.05, 3.63) is 0 Å². The zero-order valence-corrected chi connectivity index (χ0v) is 11.3. The quantitative estimate of drug-likeness (QED) is 0.581. The topological polar surface area (TPSA) is 17.1 Å². The van der Waals surface area contributed by atoms with E-state index >= 15 is 0 Å². The van der Waals surface area contributed by atoms with E-state index in [1.165, 1.54) is 51.4 Å². The molecule has 0 aromatic heterocycles. The van der Waals surface area contributed by atoms with E-state index in [-0.39, 0.29) is 7.92 Å². The number of hydrogen-bond donors (Lipinski definition) is 0. The van der Waals surface area contributed by atoms with Gasteiger partial charge in [-0.2, -0.15) is 0 Å². The largest absolute Gasteiger partial charge is 0.300 e. The van der Waals surface area contributed by atoms with Crippen LogP contribution in [0, 0.1) is 0 Å². The number of Topliss-reactive ketones (excluding diaryl/α,β-unsaturated/α-hetero) is 1. The third-order valence-corrected chi connectivity index (χ3v) is 9.60. The lowest BCUT2D eigenvalue weighted by atomic mass is 9.90. The van der Waals surface area contributed by atoms with Crippen molar-refractivity contribution in [3.63, 3.8) is 0 Å². The first-order valence-electron chi connectivity index (χ1n) is 6.93. The second-order valence-electron chi connectivity index (χ2n) is 6.31. The molecule has 3 aliphatic rings. The van der Waals surface area contributed by atoms with E-state index in [1.807, 2.05) is 0 Å². The van der Waals surface area contributed by atoms with Gasteiger partial charge in [-0.05, 0) is 42.7 Å². The Bertz CT molecular complexity index is 270. The molecule has 1 heterocycles. The summed E-state index contributed by atoms with van der Waals surface area (Å²) >= 11 is 0. The Hall–Kier alpha value is 0.100. The van der Waals surface area contributed by atoms with Gasteiger partial charge in [0.25, 0.3) is 0 Å². The smallest absolute Gasteiger partial charge is 0.134 e. The molecule has 3 rings (SSSR count). The van der Waals surface area contributed by atoms with Gasteiger partial charge in [-0.1, -0.05) is 33.6 Å². The Kier molecular flexibility index (Phi) is 2.66. The monoisotopic (exact) mass is 238 g/mol. The van der Waals surface area contributed by atoms with Crippen LogP contribution >= 0.6 is 7.92 Å². The van der Waals surface area contributed by atoms with Crippen molar-refractivity contribution in [2.24, 2.45) is 0 Å². The Morgan fingerprint density at radius 3 is 1.62 bits per heavy atom. The van der Waals surface area contributed by atoms with Gasteiger partial charge >= 0.3 is 0 Å². The zero-order chi connectivity index (χ0) is 11.2. The van der Waals surface area contributed by atoms with Gasteiger partial charge < -0.3 is 0 Å². The molecule has 0 atom stereocenters. The minimum absolute atomic E-state index is 0.0901. The number of hydrogen-bond acceptors (Lipinski definition) is 1. The lowest BCUT2D eigenvalue weighted by Crippen LogP contribution is -2.43. The summed E-state index contributed by atoms with van der Waals surface area (Å²) in [6.07, 6.45) is 12.9. The maximum Gasteiger partial charge on any atom is 0.134 e. The maximum atomic E-state index is 12.1. The summed E-state index contributed by atoms with van der Waals surface area (Å²) in [5.41, 5.74) is 0. The van der Waals surface area contributed by atoms with Crippen molar-refractivity contribution in [2.75, 3.05) is 6.66 Å². The molecule has 0 amide bonds. The molecule has 3 fully saturated rings. The highest BCUT2D eigenvalue weighted by atomic mass is 31.1. The Morgan fingerprint density at radius 2 is 1.25 bits per heavy atom. The van der Waals surface area contributed by atoms with Gasteiger partial charge in [0.1, 0.15) is 5.78 Å². The molecule has 2 aliphatic carbocycles. The molecule has 1 aliphatic heterocycles. The average Bonchev–Trinajstić information content (AvgIpc) is 2.86. The van der Waals surface area contributed by atoms with E-state index < -0.39 is 0 Å². The molecule has 0 aromatic carbocycles. The normalized spacial score (nSPS) is 32.9. The van der Waals surface area contributed by atoms with Crippen LogP contribution in [0.1, 0.15) is 64.2 Å². The fourth-order valence-electron chi connectivity index (χ4n) is 4.63. The highest BCUT2D eigenvalue weighted by Crippen LogP contribution is 2.72. The van der Waals surface area contributed by atoms with E-state index in [4.69, 9.17) is 0 Å². The van der Waals surface area contributed by atoms with Crippen LogP contribution in [0.2, 0.25) is 0 Å². The van der Waals surface area contributed by atoms with Crippen LogP contribution in [0.15, 0.2) is 0 Å². The third kappa shape index (κ3) is 1.50. The summed E-state index contributed by atoms with van der Waals surface area (Å²) in [4.78, 5) is 12.1. The molecule has 2 saturated carbocycles. The summed E-state index contributed by atoms with van der Waals surface area (Å²) in [6.45, 7) is 2.54. The maximum absolute atomic E-state index is 12.1. The van der Waals surface area contributed by atoms with Gasteiger partial charge in [0.15, 0.2) is 0 Å². The van der Waals surface area contributed by atoms with Gasteiger partial charge in [-0.15, -0.1) is 0 Å². The molecule has 16 heavy (non-hydrogen) atoms. The number of carbonyl (C=O) groups excluding carboxylic acids is 1. The first kappa shape index (κ1) is 11.2. The number of carbonyl (C=O) groups is 1. The summed E-state index contributed by atoms with van der Waals surface area (Å²) in [6, 6.07) is 0. The molecule has 90 valence electrons. The number of ketones is 1. The lowest BCUT2D eigenvalue weighted by Gasteiger charge is -2.51. The SMILES string of the molecule is CP1C2(CCCC2)CC(=O)CC12CCCC2. The molecule has 2 spiro atoms. The van der Waals surface area contributed by atoms with Crippen LogP contribution < -0.4 is 0 Å². The molecule has 0 aromatic rings. The van der Waals surface area contributed by atoms with Crippen LogP contribution in [0.5, 0.6) is 0 Å². The van der Waals surface area contributed by atoms with Crippen molar-refractivity contribution in [2.45, 2.75) is 74.5 Å². The molecule has 0 N–H and O–H groups in total. The van der Waals surface area contributed by atoms with Crippen molar-refractivity contribution in [1.82, 2.24) is 0 Å². The van der Waals surface area contributed by atoms with Gasteiger partial charge in [0.2, 0.25) is 0 Å². The van der Waals surface area contributed by atoms with Crippen molar-refractivity contribution in [3.8, 4) is 0 Å². The Morgan fingerprint density at radius 1 is 0.875 bits per heavy atom. The summed E-state index contributed by atoms with van der Waals surface area (Å²) in [5, 5.41) is 0.990. The Balaban J connectivity index is 1.93. The molecule has 2 heteroatoms. The van der Waals surface area contributed by atoms with E-state index in [2.05, 4.69) is 6.66 Å². The number of rotatable bonds is 0. The zero-order valence-electron chi connectivity index (χ0n) is 10.4. The second-order valence-corrected chi connectivity index (χ2v) is 9.33. The highest BCUT2D eigenvalue weighted by Gasteiger charge is 2.54. The van der Waals surface area contributed by atoms with Crippen molar-refractivity contribution in [1.29, 1.82) is 0 Å². The van der Waals surface area contributed by atoms with E-state index in [9.17, 15) is 4.79 Å². The van der Waals surface area contributed by atoms with Crippen LogP contribution in [-0.2, 0) is 4.79 Å². The Labute approximate surface area is 100 Å². The first-order valence-corrected chi connectivity index (χ1v) is 8.72. The standard InChI is InChI=1S/C14H23OP/c1-16-13(6-2-3-7-13)10-12(15)11-14(16)8-4-5-9-14/h2-11H2,1H3. The third-order valence-electron chi connectivity index (χ3n) is 5.54. The molecule has 0 bridgehead atoms. The molecular weight excluding hydrogens is 215 g/mol. The molecular formula is C14H23OP.